The number of imidazole rings is 1. The molecule has 0 saturated heterocycles. The molecule has 0 aliphatic carbocycles. The summed E-state index contributed by atoms with van der Waals surface area (Å²) in [6.45, 7) is 0. The summed E-state index contributed by atoms with van der Waals surface area (Å²) >= 11 is 3.33. The number of para-hydroxylation sites is 1. The minimum absolute atomic E-state index is 0.109. The molecule has 2 N–H and O–H groups in total. The third-order valence-electron chi connectivity index (χ3n) is 2.93. The molecule has 0 amide bonds. The number of nitrogens with one attached hydrogen (secondary N) is 1. The van der Waals surface area contributed by atoms with Crippen LogP contribution in [0.1, 0.15) is 10.4 Å². The van der Waals surface area contributed by atoms with Crippen molar-refractivity contribution in [2.24, 2.45) is 0 Å². The number of aromatic nitrogens is 2. The molecule has 3 rings (SSSR count). The number of hydrogen-bond acceptors (Lipinski definition) is 2. The number of carboxylic acid groups (broad SMARTS) is 1. The quantitative estimate of drug-likeness (QED) is 0.748. The second kappa shape index (κ2) is 4.72. The minimum atomic E-state index is -1.05. The Balaban J connectivity index is 2.26. The number of halogens is 2. The minimum Gasteiger partial charge on any atom is -0.478 e. The van der Waals surface area contributed by atoms with Crippen molar-refractivity contribution in [1.29, 1.82) is 0 Å². The molecule has 6 heteroatoms. The molecule has 0 atom stereocenters. The van der Waals surface area contributed by atoms with Gasteiger partial charge in [0.15, 0.2) is 0 Å². The molecule has 0 unspecified atom stereocenters. The van der Waals surface area contributed by atoms with Crippen LogP contribution in [0.15, 0.2) is 40.9 Å². The Bertz CT molecular complexity index is 829. The molecule has 0 radical (unpaired) electrons. The number of carbonyl (C=O) groups is 1. The average Bonchev–Trinajstić information content (AvgIpc) is 2.84. The van der Waals surface area contributed by atoms with Gasteiger partial charge < -0.3 is 10.1 Å². The first-order valence-electron chi connectivity index (χ1n) is 5.73. The van der Waals surface area contributed by atoms with E-state index in [0.29, 0.717) is 26.9 Å². The van der Waals surface area contributed by atoms with Crippen LogP contribution in [0.3, 0.4) is 0 Å². The van der Waals surface area contributed by atoms with E-state index in [-0.39, 0.29) is 11.4 Å². The molecule has 0 fully saturated rings. The first-order valence-corrected chi connectivity index (χ1v) is 6.53. The third-order valence-corrected chi connectivity index (χ3v) is 3.62. The van der Waals surface area contributed by atoms with Gasteiger partial charge >= 0.3 is 5.97 Å². The van der Waals surface area contributed by atoms with E-state index in [1.165, 1.54) is 18.2 Å². The number of carboxylic acids is 1. The van der Waals surface area contributed by atoms with Gasteiger partial charge in [0.2, 0.25) is 0 Å². The van der Waals surface area contributed by atoms with Gasteiger partial charge in [0.1, 0.15) is 17.2 Å². The normalized spacial score (nSPS) is 10.9. The molecule has 0 bridgehead atoms. The van der Waals surface area contributed by atoms with Gasteiger partial charge in [0.25, 0.3) is 0 Å². The standard InChI is InChI=1S/C14H8BrFN2O2/c15-10-5-4-7(16)6-9(10)13-17-11-3-1-2-8(14(19)20)12(11)18-13/h1-6H,(H,17,18)(H,19,20). The Morgan fingerprint density at radius 1 is 1.30 bits per heavy atom. The molecule has 4 nitrogen and oxygen atoms in total. The van der Waals surface area contributed by atoms with E-state index in [4.69, 9.17) is 5.11 Å². The van der Waals surface area contributed by atoms with Gasteiger partial charge in [0.05, 0.1) is 11.1 Å². The second-order valence-corrected chi connectivity index (χ2v) is 5.07. The maximum Gasteiger partial charge on any atom is 0.337 e. The highest BCUT2D eigenvalue weighted by Crippen LogP contribution is 2.29. The van der Waals surface area contributed by atoms with Crippen molar-refractivity contribution in [2.75, 3.05) is 0 Å². The van der Waals surface area contributed by atoms with Crippen molar-refractivity contribution in [2.45, 2.75) is 0 Å². The van der Waals surface area contributed by atoms with Gasteiger partial charge in [-0.1, -0.05) is 22.0 Å². The summed E-state index contributed by atoms with van der Waals surface area (Å²) in [4.78, 5) is 18.4. The molecular formula is C14H8BrFN2O2. The fourth-order valence-electron chi connectivity index (χ4n) is 2.01. The predicted octanol–water partition coefficient (Wildman–Crippen LogP) is 3.83. The zero-order valence-corrected chi connectivity index (χ0v) is 11.6. The number of nitrogens with zero attached hydrogens (tertiary/aromatic N) is 1. The number of fused-ring (bicyclic) bond motifs is 1. The number of aromatic amines is 1. The maximum atomic E-state index is 13.3. The zero-order chi connectivity index (χ0) is 14.3. The summed E-state index contributed by atoms with van der Waals surface area (Å²) in [6, 6.07) is 9.09. The number of H-pyrrole nitrogens is 1. The molecule has 100 valence electrons. The van der Waals surface area contributed by atoms with E-state index in [1.54, 1.807) is 18.2 Å². The summed E-state index contributed by atoms with van der Waals surface area (Å²) in [5.41, 5.74) is 1.59. The summed E-state index contributed by atoms with van der Waals surface area (Å²) in [5.74, 6) is -1.02. The number of hydrogen-bond donors (Lipinski definition) is 2. The van der Waals surface area contributed by atoms with E-state index in [0.717, 1.165) is 0 Å². The Morgan fingerprint density at radius 3 is 2.85 bits per heavy atom. The highest BCUT2D eigenvalue weighted by atomic mass is 79.9. The lowest BCUT2D eigenvalue weighted by atomic mass is 10.2. The molecule has 1 aromatic heterocycles. The fraction of sp³-hybridized carbons (Fsp3) is 0. The van der Waals surface area contributed by atoms with Gasteiger partial charge in [-0.05, 0) is 30.3 Å². The van der Waals surface area contributed by atoms with Crippen LogP contribution in [-0.2, 0) is 0 Å². The molecule has 0 saturated carbocycles. The van der Waals surface area contributed by atoms with Crippen LogP contribution < -0.4 is 0 Å². The monoisotopic (exact) mass is 334 g/mol. The van der Waals surface area contributed by atoms with E-state index in [1.807, 2.05) is 0 Å². The molecule has 3 aromatic rings. The maximum absolute atomic E-state index is 13.3. The smallest absolute Gasteiger partial charge is 0.337 e. The molecule has 0 spiro atoms. The highest BCUT2D eigenvalue weighted by Gasteiger charge is 2.14. The van der Waals surface area contributed by atoms with Crippen LogP contribution in [0.25, 0.3) is 22.4 Å². The number of aromatic carboxylic acids is 1. The zero-order valence-electron chi connectivity index (χ0n) is 10.0. The Labute approximate surface area is 121 Å². The molecule has 0 aliphatic rings. The second-order valence-electron chi connectivity index (χ2n) is 4.22. The summed E-state index contributed by atoms with van der Waals surface area (Å²) in [7, 11) is 0. The van der Waals surface area contributed by atoms with Crippen LogP contribution in [0.2, 0.25) is 0 Å². The van der Waals surface area contributed by atoms with Crippen LogP contribution in [0, 0.1) is 5.82 Å². The Kier molecular flexibility index (Phi) is 3.02. The van der Waals surface area contributed by atoms with Gasteiger partial charge in [-0.3, -0.25) is 0 Å². The van der Waals surface area contributed by atoms with Crippen molar-refractivity contribution < 1.29 is 14.3 Å². The van der Waals surface area contributed by atoms with Crippen LogP contribution in [0.5, 0.6) is 0 Å². The van der Waals surface area contributed by atoms with E-state index in [9.17, 15) is 9.18 Å². The predicted molar refractivity (Wildman–Crippen MR) is 76.1 cm³/mol. The van der Waals surface area contributed by atoms with E-state index >= 15 is 0 Å². The lowest BCUT2D eigenvalue weighted by molar-refractivity contribution is 0.0699. The summed E-state index contributed by atoms with van der Waals surface area (Å²) in [6.07, 6.45) is 0. The fourth-order valence-corrected chi connectivity index (χ4v) is 2.45. The van der Waals surface area contributed by atoms with Crippen LogP contribution in [-0.4, -0.2) is 21.0 Å². The lowest BCUT2D eigenvalue weighted by Gasteiger charge is -2.00. The van der Waals surface area contributed by atoms with Crippen molar-refractivity contribution in [3.05, 3.63) is 52.3 Å². The average molecular weight is 335 g/mol. The third kappa shape index (κ3) is 2.08. The Morgan fingerprint density at radius 2 is 2.10 bits per heavy atom. The van der Waals surface area contributed by atoms with Crippen LogP contribution in [0.4, 0.5) is 4.39 Å². The van der Waals surface area contributed by atoms with Crippen molar-refractivity contribution in [3.8, 4) is 11.4 Å². The Hall–Kier alpha value is -2.21. The molecule has 20 heavy (non-hydrogen) atoms. The van der Waals surface area contributed by atoms with Crippen LogP contribution >= 0.6 is 15.9 Å². The largest absolute Gasteiger partial charge is 0.478 e. The van der Waals surface area contributed by atoms with Gasteiger partial charge in [0, 0.05) is 10.0 Å². The highest BCUT2D eigenvalue weighted by molar-refractivity contribution is 9.10. The van der Waals surface area contributed by atoms with Crippen molar-refractivity contribution in [1.82, 2.24) is 9.97 Å². The SMILES string of the molecule is O=C(O)c1cccc2[nH]c(-c3cc(F)ccc3Br)nc12. The van der Waals surface area contributed by atoms with E-state index < -0.39 is 5.97 Å². The molecular weight excluding hydrogens is 327 g/mol. The van der Waals surface area contributed by atoms with Gasteiger partial charge in [-0.25, -0.2) is 14.2 Å². The van der Waals surface area contributed by atoms with Gasteiger partial charge in [-0.15, -0.1) is 0 Å². The summed E-state index contributed by atoms with van der Waals surface area (Å²) < 4.78 is 14.0. The van der Waals surface area contributed by atoms with Crippen molar-refractivity contribution >= 4 is 32.9 Å². The first kappa shape index (κ1) is 12.8. The number of rotatable bonds is 2. The topological polar surface area (TPSA) is 66.0 Å². The first-order chi connectivity index (χ1) is 9.56. The lowest BCUT2D eigenvalue weighted by Crippen LogP contribution is -1.96. The number of benzene rings is 2. The summed E-state index contributed by atoms with van der Waals surface area (Å²) in [5, 5.41) is 9.14. The molecule has 1 heterocycles. The molecule has 2 aromatic carbocycles. The van der Waals surface area contributed by atoms with E-state index in [2.05, 4.69) is 25.9 Å². The molecule has 0 aliphatic heterocycles. The van der Waals surface area contributed by atoms with Gasteiger partial charge in [-0.2, -0.15) is 0 Å². The van der Waals surface area contributed by atoms with Crippen molar-refractivity contribution in [3.63, 3.8) is 0 Å².